The van der Waals surface area contributed by atoms with Gasteiger partial charge in [-0.1, -0.05) is 49.4 Å². The topological polar surface area (TPSA) is 75.6 Å². The fourth-order valence-electron chi connectivity index (χ4n) is 3.15. The van der Waals surface area contributed by atoms with Crippen LogP contribution in [0.3, 0.4) is 0 Å². The summed E-state index contributed by atoms with van der Waals surface area (Å²) in [6.45, 7) is 3.82. The van der Waals surface area contributed by atoms with Crippen LogP contribution in [0.1, 0.15) is 50.2 Å². The minimum atomic E-state index is -1.01. The van der Waals surface area contributed by atoms with E-state index in [1.807, 2.05) is 30.3 Å². The van der Waals surface area contributed by atoms with Crippen LogP contribution in [0.15, 0.2) is 54.6 Å². The maximum atomic E-state index is 12.6. The lowest BCUT2D eigenvalue weighted by Crippen LogP contribution is -2.45. The van der Waals surface area contributed by atoms with Crippen molar-refractivity contribution in [1.29, 1.82) is 0 Å². The van der Waals surface area contributed by atoms with Gasteiger partial charge in [-0.05, 0) is 42.5 Å². The molecule has 0 saturated carbocycles. The summed E-state index contributed by atoms with van der Waals surface area (Å²) >= 11 is 0. The van der Waals surface area contributed by atoms with Crippen LogP contribution in [0.4, 0.5) is 0 Å². The van der Waals surface area contributed by atoms with Crippen molar-refractivity contribution >= 4 is 11.9 Å². The largest absolute Gasteiger partial charge is 0.497 e. The predicted molar refractivity (Wildman–Crippen MR) is 105 cm³/mol. The van der Waals surface area contributed by atoms with Crippen LogP contribution in [-0.4, -0.2) is 24.1 Å². The van der Waals surface area contributed by atoms with Crippen LogP contribution in [-0.2, 0) is 15.1 Å². The van der Waals surface area contributed by atoms with Crippen molar-refractivity contribution in [3.8, 4) is 5.75 Å². The average Bonchev–Trinajstić information content (AvgIpc) is 2.66. The highest BCUT2D eigenvalue weighted by atomic mass is 16.5. The van der Waals surface area contributed by atoms with Crippen molar-refractivity contribution in [3.05, 3.63) is 65.7 Å². The van der Waals surface area contributed by atoms with Gasteiger partial charge in [0.2, 0.25) is 5.91 Å². The van der Waals surface area contributed by atoms with Crippen molar-refractivity contribution in [1.82, 2.24) is 5.32 Å². The number of benzene rings is 2. The molecule has 0 radical (unpaired) electrons. The van der Waals surface area contributed by atoms with E-state index < -0.39 is 11.5 Å². The van der Waals surface area contributed by atoms with E-state index in [4.69, 9.17) is 4.74 Å². The fraction of sp³-hybridized carbons (Fsp3) is 0.364. The summed E-state index contributed by atoms with van der Waals surface area (Å²) in [5.41, 5.74) is 0.882. The van der Waals surface area contributed by atoms with Crippen LogP contribution in [0, 0.1) is 0 Å². The Bertz CT molecular complexity index is 775. The van der Waals surface area contributed by atoms with Crippen LogP contribution >= 0.6 is 0 Å². The molecule has 0 spiro atoms. The smallest absolute Gasteiger partial charge is 0.306 e. The number of carboxylic acids is 1. The minimum Gasteiger partial charge on any atom is -0.497 e. The van der Waals surface area contributed by atoms with E-state index in [2.05, 4.69) is 12.2 Å². The first-order valence-electron chi connectivity index (χ1n) is 9.06. The molecule has 2 aromatic rings. The Balaban J connectivity index is 2.08. The van der Waals surface area contributed by atoms with Gasteiger partial charge in [-0.15, -0.1) is 0 Å². The molecule has 5 nitrogen and oxygen atoms in total. The molecule has 0 heterocycles. The lowest BCUT2D eigenvalue weighted by atomic mass is 9.87. The summed E-state index contributed by atoms with van der Waals surface area (Å²) in [6.07, 6.45) is 0.812. The molecule has 0 fully saturated rings. The highest BCUT2D eigenvalue weighted by Crippen LogP contribution is 2.28. The molecule has 0 bridgehead atoms. The molecule has 27 heavy (non-hydrogen) atoms. The molecule has 2 atom stereocenters. The van der Waals surface area contributed by atoms with E-state index in [-0.39, 0.29) is 18.2 Å². The van der Waals surface area contributed by atoms with Gasteiger partial charge in [-0.3, -0.25) is 9.59 Å². The second-order valence-corrected chi connectivity index (χ2v) is 7.03. The molecule has 144 valence electrons. The zero-order valence-corrected chi connectivity index (χ0v) is 16.1. The Morgan fingerprint density at radius 2 is 1.85 bits per heavy atom. The van der Waals surface area contributed by atoms with Gasteiger partial charge in [0.05, 0.1) is 19.1 Å². The maximum Gasteiger partial charge on any atom is 0.306 e. The summed E-state index contributed by atoms with van der Waals surface area (Å²) < 4.78 is 5.23. The first-order chi connectivity index (χ1) is 12.8. The number of rotatable bonds is 9. The molecule has 0 saturated heterocycles. The van der Waals surface area contributed by atoms with Crippen molar-refractivity contribution < 1.29 is 19.4 Å². The molecular weight excluding hydrogens is 342 g/mol. The normalized spacial score (nSPS) is 14.0. The first kappa shape index (κ1) is 20.5. The maximum absolute atomic E-state index is 12.6. The summed E-state index contributed by atoms with van der Waals surface area (Å²) in [5.74, 6) is -0.266. The lowest BCUT2D eigenvalue weighted by molar-refractivity contribution is -0.139. The third-order valence-corrected chi connectivity index (χ3v) is 4.80. The highest BCUT2D eigenvalue weighted by molar-refractivity contribution is 5.78. The van der Waals surface area contributed by atoms with E-state index in [0.29, 0.717) is 24.2 Å². The second-order valence-electron chi connectivity index (χ2n) is 7.03. The number of ether oxygens (including phenoxy) is 1. The Hall–Kier alpha value is -2.82. The molecule has 0 aliphatic heterocycles. The Morgan fingerprint density at radius 3 is 2.48 bits per heavy atom. The van der Waals surface area contributed by atoms with Gasteiger partial charge in [0.1, 0.15) is 5.75 Å². The van der Waals surface area contributed by atoms with Gasteiger partial charge in [-0.2, -0.15) is 0 Å². The standard InChI is InChI=1S/C22H27NO4/c1-16(17-8-5-4-6-9-17)12-13-20(24)23-22(2,15-21(25)26)18-10-7-11-19(14-18)27-3/h4-11,14,16H,12-13,15H2,1-3H3,(H,23,24)(H,25,26). The quantitative estimate of drug-likeness (QED) is 0.698. The minimum absolute atomic E-state index is 0.163. The molecule has 0 aliphatic carbocycles. The Labute approximate surface area is 160 Å². The van der Waals surface area contributed by atoms with Gasteiger partial charge in [0, 0.05) is 6.42 Å². The van der Waals surface area contributed by atoms with Crippen LogP contribution in [0.25, 0.3) is 0 Å². The van der Waals surface area contributed by atoms with Crippen molar-refractivity contribution in [2.45, 2.75) is 44.6 Å². The van der Waals surface area contributed by atoms with Crippen molar-refractivity contribution in [2.75, 3.05) is 7.11 Å². The van der Waals surface area contributed by atoms with Crippen molar-refractivity contribution in [3.63, 3.8) is 0 Å². The number of hydrogen-bond acceptors (Lipinski definition) is 3. The van der Waals surface area contributed by atoms with Crippen LogP contribution in [0.5, 0.6) is 5.75 Å². The van der Waals surface area contributed by atoms with Gasteiger partial charge < -0.3 is 15.2 Å². The molecule has 2 aromatic carbocycles. The summed E-state index contributed by atoms with van der Waals surface area (Å²) in [7, 11) is 1.55. The van der Waals surface area contributed by atoms with E-state index in [1.165, 1.54) is 5.56 Å². The molecule has 1 amide bonds. The first-order valence-corrected chi connectivity index (χ1v) is 9.06. The predicted octanol–water partition coefficient (Wildman–Crippen LogP) is 4.09. The van der Waals surface area contributed by atoms with E-state index >= 15 is 0 Å². The molecule has 2 N–H and O–H groups in total. The van der Waals surface area contributed by atoms with Crippen molar-refractivity contribution in [2.24, 2.45) is 0 Å². The van der Waals surface area contributed by atoms with Crippen LogP contribution in [0.2, 0.25) is 0 Å². The molecular formula is C22H27NO4. The molecule has 0 aliphatic rings. The Kier molecular flexibility index (Phi) is 6.99. The number of methoxy groups -OCH3 is 1. The zero-order valence-electron chi connectivity index (χ0n) is 16.1. The Morgan fingerprint density at radius 1 is 1.15 bits per heavy atom. The average molecular weight is 369 g/mol. The number of hydrogen-bond donors (Lipinski definition) is 2. The van der Waals surface area contributed by atoms with Gasteiger partial charge >= 0.3 is 5.97 Å². The third-order valence-electron chi connectivity index (χ3n) is 4.80. The second kappa shape index (κ2) is 9.21. The number of carboxylic acid groups (broad SMARTS) is 1. The monoisotopic (exact) mass is 369 g/mol. The number of amides is 1. The zero-order chi connectivity index (χ0) is 19.9. The molecule has 5 heteroatoms. The van der Waals surface area contributed by atoms with Gasteiger partial charge in [-0.25, -0.2) is 0 Å². The number of nitrogens with one attached hydrogen (secondary N) is 1. The third kappa shape index (κ3) is 5.84. The SMILES string of the molecule is COc1cccc(C(C)(CC(=O)O)NC(=O)CCC(C)c2ccccc2)c1. The van der Waals surface area contributed by atoms with Gasteiger partial charge in [0.25, 0.3) is 0 Å². The fourth-order valence-corrected chi connectivity index (χ4v) is 3.15. The number of aliphatic carboxylic acids is 1. The van der Waals surface area contributed by atoms with Gasteiger partial charge in [0.15, 0.2) is 0 Å². The van der Waals surface area contributed by atoms with E-state index in [9.17, 15) is 14.7 Å². The lowest BCUT2D eigenvalue weighted by Gasteiger charge is -2.30. The summed E-state index contributed by atoms with van der Waals surface area (Å²) in [6, 6.07) is 17.2. The molecule has 0 aromatic heterocycles. The van der Waals surface area contributed by atoms with Crippen LogP contribution < -0.4 is 10.1 Å². The molecule has 2 unspecified atom stereocenters. The molecule has 2 rings (SSSR count). The van der Waals surface area contributed by atoms with E-state index in [1.54, 1.807) is 38.3 Å². The summed E-state index contributed by atoms with van der Waals surface area (Å²) in [5, 5.41) is 12.3. The van der Waals surface area contributed by atoms with E-state index in [0.717, 1.165) is 0 Å². The summed E-state index contributed by atoms with van der Waals surface area (Å²) in [4.78, 5) is 24.0. The number of carbonyl (C=O) groups excluding carboxylic acids is 1. The highest BCUT2D eigenvalue weighted by Gasteiger charge is 2.31. The number of carbonyl (C=O) groups is 2.